The zero-order chi connectivity index (χ0) is 21.5. The first-order valence-corrected chi connectivity index (χ1v) is 10.5. The topological polar surface area (TPSA) is 73.9 Å². The molecule has 3 rings (SSSR count). The van der Waals surface area contributed by atoms with Gasteiger partial charge in [-0.2, -0.15) is 0 Å². The first-order chi connectivity index (χ1) is 14.5. The van der Waals surface area contributed by atoms with Gasteiger partial charge >= 0.3 is 5.97 Å². The fourth-order valence-corrected chi connectivity index (χ4v) is 3.65. The van der Waals surface area contributed by atoms with Gasteiger partial charge in [0.15, 0.2) is 17.6 Å². The molecule has 2 aromatic rings. The van der Waals surface area contributed by atoms with Crippen LogP contribution in [0, 0.1) is 0 Å². The Morgan fingerprint density at radius 1 is 1.07 bits per heavy atom. The monoisotopic (exact) mass is 411 g/mol. The Labute approximate surface area is 177 Å². The van der Waals surface area contributed by atoms with Crippen LogP contribution in [-0.2, 0) is 16.0 Å². The number of fused-ring (bicyclic) bond motifs is 1. The molecule has 6 heteroatoms. The summed E-state index contributed by atoms with van der Waals surface area (Å²) in [7, 11) is 0. The highest BCUT2D eigenvalue weighted by Gasteiger charge is 2.26. The summed E-state index contributed by atoms with van der Waals surface area (Å²) in [5, 5.41) is 3.03. The van der Waals surface area contributed by atoms with Gasteiger partial charge in [-0.05, 0) is 69.4 Å². The van der Waals surface area contributed by atoms with Gasteiger partial charge in [-0.3, -0.25) is 4.79 Å². The van der Waals surface area contributed by atoms with E-state index in [1.54, 1.807) is 25.1 Å². The standard InChI is InChI=1S/C24H29NO5/c1-4-28-21-14-13-18(15-22(21)29-5-2)24(27)30-16(3)23(26)25-20-12-8-10-17-9-6-7-11-19(17)20/h6-7,9,11,13-16,20H,4-5,8,10,12H2,1-3H3,(H,25,26)/t16-,20-/m0/s1. The van der Waals surface area contributed by atoms with Crippen molar-refractivity contribution >= 4 is 11.9 Å². The van der Waals surface area contributed by atoms with Gasteiger partial charge in [0.2, 0.25) is 0 Å². The Kier molecular flexibility index (Phi) is 7.33. The molecule has 0 aromatic heterocycles. The highest BCUT2D eigenvalue weighted by atomic mass is 16.5. The fraction of sp³-hybridized carbons (Fsp3) is 0.417. The Hall–Kier alpha value is -3.02. The zero-order valence-corrected chi connectivity index (χ0v) is 17.8. The van der Waals surface area contributed by atoms with Gasteiger partial charge in [0.25, 0.3) is 5.91 Å². The van der Waals surface area contributed by atoms with E-state index >= 15 is 0 Å². The van der Waals surface area contributed by atoms with Crippen LogP contribution in [0.1, 0.15) is 61.1 Å². The van der Waals surface area contributed by atoms with E-state index in [0.717, 1.165) is 24.8 Å². The van der Waals surface area contributed by atoms with Crippen LogP contribution in [0.25, 0.3) is 0 Å². The normalized spacial score (nSPS) is 16.2. The Bertz CT molecular complexity index is 895. The maximum atomic E-state index is 12.7. The molecule has 0 bridgehead atoms. The van der Waals surface area contributed by atoms with Gasteiger partial charge in [0.05, 0.1) is 24.8 Å². The second-order valence-electron chi connectivity index (χ2n) is 7.23. The van der Waals surface area contributed by atoms with Gasteiger partial charge in [0, 0.05) is 0 Å². The van der Waals surface area contributed by atoms with E-state index < -0.39 is 12.1 Å². The van der Waals surface area contributed by atoms with Gasteiger partial charge in [-0.15, -0.1) is 0 Å². The number of hydrogen-bond donors (Lipinski definition) is 1. The van der Waals surface area contributed by atoms with Gasteiger partial charge in [0.1, 0.15) is 0 Å². The van der Waals surface area contributed by atoms with Gasteiger partial charge in [-0.25, -0.2) is 4.79 Å². The van der Waals surface area contributed by atoms with Crippen molar-refractivity contribution in [2.75, 3.05) is 13.2 Å². The lowest BCUT2D eigenvalue weighted by atomic mass is 9.87. The number of carbonyl (C=O) groups excluding carboxylic acids is 2. The minimum absolute atomic E-state index is 0.0568. The summed E-state index contributed by atoms with van der Waals surface area (Å²) in [4.78, 5) is 25.2. The van der Waals surface area contributed by atoms with Crippen LogP contribution in [0.15, 0.2) is 42.5 Å². The quantitative estimate of drug-likeness (QED) is 0.658. The van der Waals surface area contributed by atoms with E-state index in [0.29, 0.717) is 30.3 Å². The van der Waals surface area contributed by atoms with Crippen molar-refractivity contribution in [2.45, 2.75) is 52.2 Å². The molecule has 2 atom stereocenters. The van der Waals surface area contributed by atoms with Crippen molar-refractivity contribution in [1.29, 1.82) is 0 Å². The number of rotatable bonds is 8. The molecule has 2 aromatic carbocycles. The minimum Gasteiger partial charge on any atom is -0.490 e. The van der Waals surface area contributed by atoms with Crippen LogP contribution in [0.4, 0.5) is 0 Å². The summed E-state index contributed by atoms with van der Waals surface area (Å²) in [6.07, 6.45) is 2.00. The second kappa shape index (κ2) is 10.1. The average molecular weight is 411 g/mol. The number of benzene rings is 2. The summed E-state index contributed by atoms with van der Waals surface area (Å²) in [6, 6.07) is 12.9. The average Bonchev–Trinajstić information content (AvgIpc) is 2.75. The van der Waals surface area contributed by atoms with Crippen LogP contribution < -0.4 is 14.8 Å². The lowest BCUT2D eigenvalue weighted by molar-refractivity contribution is -0.130. The van der Waals surface area contributed by atoms with Crippen molar-refractivity contribution in [1.82, 2.24) is 5.32 Å². The van der Waals surface area contributed by atoms with Crippen molar-refractivity contribution in [2.24, 2.45) is 0 Å². The van der Waals surface area contributed by atoms with Crippen LogP contribution >= 0.6 is 0 Å². The SMILES string of the molecule is CCOc1ccc(C(=O)O[C@@H](C)C(=O)N[C@H]2CCCc3ccccc32)cc1OCC. The Morgan fingerprint density at radius 2 is 1.80 bits per heavy atom. The highest BCUT2D eigenvalue weighted by molar-refractivity contribution is 5.93. The summed E-state index contributed by atoms with van der Waals surface area (Å²) in [5.74, 6) is 0.161. The second-order valence-corrected chi connectivity index (χ2v) is 7.23. The van der Waals surface area contributed by atoms with E-state index in [1.807, 2.05) is 32.0 Å². The fourth-order valence-electron chi connectivity index (χ4n) is 3.65. The van der Waals surface area contributed by atoms with E-state index in [2.05, 4.69) is 11.4 Å². The third-order valence-corrected chi connectivity index (χ3v) is 5.12. The zero-order valence-electron chi connectivity index (χ0n) is 17.8. The molecule has 160 valence electrons. The van der Waals surface area contributed by atoms with E-state index in [-0.39, 0.29) is 11.9 Å². The molecule has 0 saturated carbocycles. The number of ether oxygens (including phenoxy) is 3. The predicted molar refractivity (Wildman–Crippen MR) is 114 cm³/mol. The molecule has 0 saturated heterocycles. The predicted octanol–water partition coefficient (Wildman–Crippen LogP) is 4.22. The molecular formula is C24H29NO5. The molecule has 1 aliphatic rings. The number of aryl methyl sites for hydroxylation is 1. The van der Waals surface area contributed by atoms with Crippen molar-refractivity contribution < 1.29 is 23.8 Å². The van der Waals surface area contributed by atoms with E-state index in [1.165, 1.54) is 5.56 Å². The Morgan fingerprint density at radius 3 is 2.57 bits per heavy atom. The largest absolute Gasteiger partial charge is 0.490 e. The van der Waals surface area contributed by atoms with Crippen LogP contribution in [-0.4, -0.2) is 31.2 Å². The van der Waals surface area contributed by atoms with Crippen molar-refractivity contribution in [3.8, 4) is 11.5 Å². The van der Waals surface area contributed by atoms with Crippen molar-refractivity contribution in [3.05, 3.63) is 59.2 Å². The molecule has 1 N–H and O–H groups in total. The molecule has 30 heavy (non-hydrogen) atoms. The summed E-state index contributed by atoms with van der Waals surface area (Å²) < 4.78 is 16.5. The highest BCUT2D eigenvalue weighted by Crippen LogP contribution is 2.30. The Balaban J connectivity index is 1.64. The maximum absolute atomic E-state index is 12.7. The molecule has 0 spiro atoms. The molecule has 0 aliphatic heterocycles. The molecule has 0 unspecified atom stereocenters. The molecule has 1 aliphatic carbocycles. The van der Waals surface area contributed by atoms with Crippen molar-refractivity contribution in [3.63, 3.8) is 0 Å². The van der Waals surface area contributed by atoms with Crippen LogP contribution in [0.5, 0.6) is 11.5 Å². The maximum Gasteiger partial charge on any atom is 0.339 e. The first-order valence-electron chi connectivity index (χ1n) is 10.5. The molecule has 0 fully saturated rings. The lowest BCUT2D eigenvalue weighted by Crippen LogP contribution is -2.39. The summed E-state index contributed by atoms with van der Waals surface area (Å²) in [5.41, 5.74) is 2.71. The van der Waals surface area contributed by atoms with E-state index in [9.17, 15) is 9.59 Å². The number of nitrogens with one attached hydrogen (secondary N) is 1. The molecular weight excluding hydrogens is 382 g/mol. The summed E-state index contributed by atoms with van der Waals surface area (Å²) in [6.45, 7) is 6.26. The first kappa shape index (κ1) is 21.7. The molecule has 6 nitrogen and oxygen atoms in total. The van der Waals surface area contributed by atoms with E-state index in [4.69, 9.17) is 14.2 Å². The molecule has 0 radical (unpaired) electrons. The number of amides is 1. The molecule has 1 amide bonds. The van der Waals surface area contributed by atoms with Gasteiger partial charge in [-0.1, -0.05) is 24.3 Å². The summed E-state index contributed by atoms with van der Waals surface area (Å²) >= 11 is 0. The van der Waals surface area contributed by atoms with Crippen LogP contribution in [0.2, 0.25) is 0 Å². The third kappa shape index (κ3) is 5.12. The van der Waals surface area contributed by atoms with Crippen LogP contribution in [0.3, 0.4) is 0 Å². The van der Waals surface area contributed by atoms with Gasteiger partial charge < -0.3 is 19.5 Å². The number of hydrogen-bond acceptors (Lipinski definition) is 5. The third-order valence-electron chi connectivity index (χ3n) is 5.12. The number of esters is 1. The minimum atomic E-state index is -0.909. The smallest absolute Gasteiger partial charge is 0.339 e. The molecule has 0 heterocycles. The number of carbonyl (C=O) groups is 2. The lowest BCUT2D eigenvalue weighted by Gasteiger charge is -2.27.